The number of fused-ring (bicyclic) bond motifs is 1. The lowest BCUT2D eigenvalue weighted by Gasteiger charge is -2.12. The molecule has 3 aromatic rings. The van der Waals surface area contributed by atoms with E-state index >= 15 is 0 Å². The van der Waals surface area contributed by atoms with Crippen LogP contribution >= 0.6 is 38.9 Å². The minimum Gasteiger partial charge on any atom is -0.320 e. The first-order chi connectivity index (χ1) is 9.58. The van der Waals surface area contributed by atoms with Crippen molar-refractivity contribution in [3.63, 3.8) is 0 Å². The van der Waals surface area contributed by atoms with E-state index in [1.54, 1.807) is 23.5 Å². The molecule has 1 nitrogen and oxygen atoms in total. The van der Waals surface area contributed by atoms with E-state index in [-0.39, 0.29) is 5.02 Å². The van der Waals surface area contributed by atoms with E-state index in [0.29, 0.717) is 10.0 Å². The topological polar surface area (TPSA) is 26.0 Å². The van der Waals surface area contributed by atoms with Crippen molar-refractivity contribution in [3.05, 3.63) is 68.2 Å². The Morgan fingerprint density at radius 1 is 1.20 bits per heavy atom. The first-order valence-electron chi connectivity index (χ1n) is 5.95. The van der Waals surface area contributed by atoms with E-state index in [4.69, 9.17) is 17.3 Å². The maximum Gasteiger partial charge on any atom is 0.148 e. The molecule has 0 bridgehead atoms. The van der Waals surface area contributed by atoms with Crippen LogP contribution in [0, 0.1) is 5.82 Å². The minimum atomic E-state index is -0.516. The highest BCUT2D eigenvalue weighted by molar-refractivity contribution is 9.10. The Morgan fingerprint density at radius 2 is 1.95 bits per heavy atom. The van der Waals surface area contributed by atoms with Gasteiger partial charge in [-0.3, -0.25) is 0 Å². The molecule has 102 valence electrons. The predicted octanol–water partition coefficient (Wildman–Crippen LogP) is 5.50. The van der Waals surface area contributed by atoms with Crippen LogP contribution in [-0.4, -0.2) is 0 Å². The average Bonchev–Trinajstić information content (AvgIpc) is 2.88. The molecule has 1 heterocycles. The zero-order chi connectivity index (χ0) is 14.3. The quantitative estimate of drug-likeness (QED) is 0.592. The van der Waals surface area contributed by atoms with Gasteiger partial charge in [-0.15, -0.1) is 11.3 Å². The number of halogens is 3. The molecule has 1 atom stereocenters. The van der Waals surface area contributed by atoms with Crippen LogP contribution in [0.3, 0.4) is 0 Å². The first kappa shape index (κ1) is 14.0. The Hall–Kier alpha value is -0.940. The van der Waals surface area contributed by atoms with Crippen molar-refractivity contribution in [2.24, 2.45) is 5.73 Å². The highest BCUT2D eigenvalue weighted by atomic mass is 79.9. The van der Waals surface area contributed by atoms with Gasteiger partial charge in [0.2, 0.25) is 0 Å². The Balaban J connectivity index is 2.08. The van der Waals surface area contributed by atoms with E-state index < -0.39 is 11.9 Å². The molecular weight excluding hydrogens is 361 g/mol. The average molecular weight is 371 g/mol. The molecule has 0 aliphatic carbocycles. The number of nitrogens with two attached hydrogens (primary N) is 1. The van der Waals surface area contributed by atoms with Gasteiger partial charge in [-0.25, -0.2) is 4.39 Å². The van der Waals surface area contributed by atoms with Crippen molar-refractivity contribution < 1.29 is 4.39 Å². The van der Waals surface area contributed by atoms with Gasteiger partial charge in [-0.1, -0.05) is 35.9 Å². The van der Waals surface area contributed by atoms with E-state index in [1.807, 2.05) is 30.3 Å². The molecule has 0 saturated heterocycles. The van der Waals surface area contributed by atoms with Crippen LogP contribution in [0.2, 0.25) is 5.02 Å². The lowest BCUT2D eigenvalue weighted by Crippen LogP contribution is -2.12. The zero-order valence-electron chi connectivity index (χ0n) is 10.2. The lowest BCUT2D eigenvalue weighted by molar-refractivity contribution is 0.600. The van der Waals surface area contributed by atoms with Crippen LogP contribution in [0.5, 0.6) is 0 Å². The van der Waals surface area contributed by atoms with Gasteiger partial charge in [-0.05, 0) is 39.5 Å². The summed E-state index contributed by atoms with van der Waals surface area (Å²) in [5, 5.41) is 1.19. The second-order valence-electron chi connectivity index (χ2n) is 4.43. The molecule has 0 spiro atoms. The van der Waals surface area contributed by atoms with Gasteiger partial charge in [0, 0.05) is 19.6 Å². The van der Waals surface area contributed by atoms with Crippen LogP contribution in [-0.2, 0) is 0 Å². The molecule has 2 aromatic carbocycles. The van der Waals surface area contributed by atoms with Crippen molar-refractivity contribution in [1.29, 1.82) is 0 Å². The third-order valence-electron chi connectivity index (χ3n) is 3.15. The second kappa shape index (κ2) is 5.45. The molecule has 0 amide bonds. The second-order valence-corrected chi connectivity index (χ2v) is 6.78. The van der Waals surface area contributed by atoms with Gasteiger partial charge in [0.05, 0.1) is 11.1 Å². The van der Waals surface area contributed by atoms with Crippen molar-refractivity contribution in [3.8, 4) is 0 Å². The molecule has 3 rings (SSSR count). The predicted molar refractivity (Wildman–Crippen MR) is 87.0 cm³/mol. The third-order valence-corrected chi connectivity index (χ3v) is 5.61. The summed E-state index contributed by atoms with van der Waals surface area (Å²) >= 11 is 10.7. The number of thiophene rings is 1. The summed E-state index contributed by atoms with van der Waals surface area (Å²) in [6.07, 6.45) is 0. The summed E-state index contributed by atoms with van der Waals surface area (Å²) in [4.78, 5) is 0.920. The molecule has 0 aliphatic rings. The molecule has 2 N–H and O–H groups in total. The molecule has 0 radical (unpaired) electrons. The Morgan fingerprint density at radius 3 is 2.70 bits per heavy atom. The molecule has 5 heteroatoms. The fourth-order valence-electron chi connectivity index (χ4n) is 2.09. The zero-order valence-corrected chi connectivity index (χ0v) is 13.4. The van der Waals surface area contributed by atoms with E-state index in [0.717, 1.165) is 15.0 Å². The molecular formula is C15H10BrClFNS. The highest BCUT2D eigenvalue weighted by Gasteiger charge is 2.19. The minimum absolute atomic E-state index is 0.0686. The smallest absolute Gasteiger partial charge is 0.148 e. The SMILES string of the molecule is NC(c1cc2ccccc2s1)c1ccc(Br)c(Cl)c1F. The van der Waals surface area contributed by atoms with Crippen molar-refractivity contribution in [1.82, 2.24) is 0 Å². The maximum absolute atomic E-state index is 14.2. The summed E-state index contributed by atoms with van der Waals surface area (Å²) in [6.45, 7) is 0. The molecule has 0 aliphatic heterocycles. The molecule has 20 heavy (non-hydrogen) atoms. The van der Waals surface area contributed by atoms with Gasteiger partial charge in [-0.2, -0.15) is 0 Å². The number of hydrogen-bond acceptors (Lipinski definition) is 2. The summed E-state index contributed by atoms with van der Waals surface area (Å²) in [5.41, 5.74) is 6.60. The van der Waals surface area contributed by atoms with Crippen LogP contribution in [0.1, 0.15) is 16.5 Å². The van der Waals surface area contributed by atoms with Gasteiger partial charge in [0.1, 0.15) is 5.82 Å². The van der Waals surface area contributed by atoms with E-state index in [2.05, 4.69) is 15.9 Å². The molecule has 0 saturated carbocycles. The normalized spacial score (nSPS) is 12.8. The summed E-state index contributed by atoms with van der Waals surface area (Å²) in [6, 6.07) is 12.9. The standard InChI is InChI=1S/C15H10BrClFNS/c16-10-6-5-9(14(18)13(10)17)15(19)12-7-8-3-1-2-4-11(8)20-12/h1-7,15H,19H2. The van der Waals surface area contributed by atoms with Crippen LogP contribution in [0.4, 0.5) is 4.39 Å². The largest absolute Gasteiger partial charge is 0.320 e. The van der Waals surface area contributed by atoms with E-state index in [9.17, 15) is 4.39 Å². The first-order valence-corrected chi connectivity index (χ1v) is 7.94. The number of benzene rings is 2. The Kier molecular flexibility index (Phi) is 3.82. The van der Waals surface area contributed by atoms with Crippen molar-refractivity contribution >= 4 is 49.0 Å². The van der Waals surface area contributed by atoms with Gasteiger partial charge >= 0.3 is 0 Å². The Bertz CT molecular complexity index is 754. The summed E-state index contributed by atoms with van der Waals surface area (Å²) < 4.78 is 15.9. The van der Waals surface area contributed by atoms with E-state index in [1.165, 1.54) is 0 Å². The van der Waals surface area contributed by atoms with Crippen LogP contribution < -0.4 is 5.73 Å². The summed E-state index contributed by atoms with van der Waals surface area (Å²) in [5.74, 6) is -0.467. The van der Waals surface area contributed by atoms with Gasteiger partial charge in [0.15, 0.2) is 0 Å². The fourth-order valence-corrected chi connectivity index (χ4v) is 3.65. The molecule has 1 aromatic heterocycles. The maximum atomic E-state index is 14.2. The van der Waals surface area contributed by atoms with Crippen molar-refractivity contribution in [2.45, 2.75) is 6.04 Å². The number of hydrogen-bond donors (Lipinski definition) is 1. The fraction of sp³-hybridized carbons (Fsp3) is 0.0667. The third kappa shape index (κ3) is 2.37. The van der Waals surface area contributed by atoms with Gasteiger partial charge < -0.3 is 5.73 Å². The van der Waals surface area contributed by atoms with Crippen molar-refractivity contribution in [2.75, 3.05) is 0 Å². The summed E-state index contributed by atoms with van der Waals surface area (Å²) in [7, 11) is 0. The van der Waals surface area contributed by atoms with Crippen LogP contribution in [0.25, 0.3) is 10.1 Å². The van der Waals surface area contributed by atoms with Gasteiger partial charge in [0.25, 0.3) is 0 Å². The lowest BCUT2D eigenvalue weighted by atomic mass is 10.1. The monoisotopic (exact) mass is 369 g/mol. The number of rotatable bonds is 2. The molecule has 0 fully saturated rings. The highest BCUT2D eigenvalue weighted by Crippen LogP contribution is 2.36. The molecule has 1 unspecified atom stereocenters. The Labute approximate surface area is 133 Å². The van der Waals surface area contributed by atoms with Crippen LogP contribution in [0.15, 0.2) is 46.9 Å².